The largest absolute Gasteiger partial charge is 0.455 e. The zero-order chi connectivity index (χ0) is 28.1. The molecule has 3 aromatic carbocycles. The molecule has 4 aromatic rings. The zero-order valence-corrected chi connectivity index (χ0v) is 25.2. The molecule has 5 heteroatoms. The molecule has 0 unspecified atom stereocenters. The summed E-state index contributed by atoms with van der Waals surface area (Å²) in [5, 5.41) is 2.26. The minimum Gasteiger partial charge on any atom is -0.455 e. The Morgan fingerprint density at radius 3 is 2.60 bits per heavy atom. The molecule has 1 aromatic heterocycles. The Morgan fingerprint density at radius 2 is 1.80 bits per heavy atom. The van der Waals surface area contributed by atoms with E-state index < -0.39 is 5.60 Å². The third-order valence-electron chi connectivity index (χ3n) is 7.68. The van der Waals surface area contributed by atoms with Gasteiger partial charge < -0.3 is 4.74 Å². The van der Waals surface area contributed by atoms with Gasteiger partial charge in [0.2, 0.25) is 0 Å². The van der Waals surface area contributed by atoms with E-state index in [0.717, 1.165) is 58.8 Å². The molecule has 3 nitrogen and oxygen atoms in total. The average Bonchev–Trinajstić information content (AvgIpc) is 3.76. The van der Waals surface area contributed by atoms with E-state index in [-0.39, 0.29) is 5.97 Å². The Kier molecular flexibility index (Phi) is 9.17. The quantitative estimate of drug-likeness (QED) is 0.159. The van der Waals surface area contributed by atoms with Crippen LogP contribution in [0, 0.1) is 5.92 Å². The van der Waals surface area contributed by atoms with Crippen LogP contribution in [0.4, 0.5) is 0 Å². The molecule has 0 amide bonds. The van der Waals surface area contributed by atoms with Crippen molar-refractivity contribution in [3.8, 4) is 0 Å². The van der Waals surface area contributed by atoms with E-state index in [1.54, 1.807) is 0 Å². The lowest BCUT2D eigenvalue weighted by atomic mass is 9.90. The molecule has 40 heavy (non-hydrogen) atoms. The minimum absolute atomic E-state index is 0.253. The first-order valence-electron chi connectivity index (χ1n) is 14.3. The molecule has 208 valence electrons. The van der Waals surface area contributed by atoms with Crippen molar-refractivity contribution in [1.82, 2.24) is 4.98 Å². The molecule has 0 spiro atoms. The molecule has 1 fully saturated rings. The maximum Gasteiger partial charge on any atom is 0.303 e. The van der Waals surface area contributed by atoms with Crippen LogP contribution in [0.1, 0.15) is 73.2 Å². The maximum atomic E-state index is 11.8. The van der Waals surface area contributed by atoms with Crippen molar-refractivity contribution < 1.29 is 9.53 Å². The van der Waals surface area contributed by atoms with Crippen LogP contribution >= 0.6 is 23.4 Å². The average molecular weight is 572 g/mol. The number of hydrogen-bond acceptors (Lipinski definition) is 4. The van der Waals surface area contributed by atoms with Gasteiger partial charge in [-0.15, -0.1) is 0 Å². The topological polar surface area (TPSA) is 39.2 Å². The third kappa shape index (κ3) is 7.67. The second-order valence-corrected chi connectivity index (χ2v) is 13.1. The molecule has 0 aliphatic heterocycles. The van der Waals surface area contributed by atoms with Gasteiger partial charge in [-0.1, -0.05) is 72.3 Å². The predicted octanol–water partition coefficient (Wildman–Crippen LogP) is 9.29. The van der Waals surface area contributed by atoms with E-state index in [2.05, 4.69) is 66.4 Å². The second-order valence-electron chi connectivity index (χ2n) is 11.4. The van der Waals surface area contributed by atoms with Crippen molar-refractivity contribution in [2.24, 2.45) is 5.92 Å². The third-order valence-corrected chi connectivity index (χ3v) is 9.48. The molecule has 1 saturated carbocycles. The molecule has 1 heterocycles. The zero-order valence-electron chi connectivity index (χ0n) is 23.7. The Morgan fingerprint density at radius 1 is 1.00 bits per heavy atom. The molecule has 0 N–H and O–H groups in total. The molecular weight excluding hydrogens is 534 g/mol. The fourth-order valence-corrected chi connectivity index (χ4v) is 7.03. The molecule has 0 bridgehead atoms. The molecule has 1 aliphatic rings. The van der Waals surface area contributed by atoms with Gasteiger partial charge in [0.25, 0.3) is 0 Å². The molecule has 5 rings (SSSR count). The lowest BCUT2D eigenvalue weighted by Gasteiger charge is -2.28. The first kappa shape index (κ1) is 28.7. The first-order chi connectivity index (χ1) is 19.3. The number of nitrogens with zero attached hydrogens (tertiary/aromatic N) is 1. The summed E-state index contributed by atoms with van der Waals surface area (Å²) in [5.41, 5.74) is 6.48. The van der Waals surface area contributed by atoms with Crippen LogP contribution in [0.3, 0.4) is 0 Å². The van der Waals surface area contributed by atoms with Crippen LogP contribution in [-0.4, -0.2) is 16.7 Å². The molecular formula is C35H38ClNO2S. The van der Waals surface area contributed by atoms with Crippen molar-refractivity contribution in [2.45, 2.75) is 70.1 Å². The highest BCUT2D eigenvalue weighted by atomic mass is 35.5. The van der Waals surface area contributed by atoms with Crippen molar-refractivity contribution in [3.63, 3.8) is 0 Å². The highest BCUT2D eigenvalue weighted by molar-refractivity contribution is 7.99. The standard InChI is InChI=1S/C35H38ClNO2S/c1-24(38)39-35(2,3)32-10-5-4-8-27(32)16-20-34(40-23-26-11-12-26)29-9-6-7-25(21-29)13-18-31-19-15-28-14-17-30(36)22-33(28)37-31/h4-10,14-15,17,19,21-22,26,34H,11-13,16,18,20,23H2,1-3H3/t34-/m1/s1. The predicted molar refractivity (Wildman–Crippen MR) is 168 cm³/mol. The summed E-state index contributed by atoms with van der Waals surface area (Å²) in [5.74, 6) is 1.84. The number of rotatable bonds is 12. The SMILES string of the molecule is CC(=O)OC(C)(C)c1ccccc1CC[C@@H](SCC1CC1)c1cccc(CCc2ccc3ccc(Cl)cc3n2)c1. The second kappa shape index (κ2) is 12.8. The van der Waals surface area contributed by atoms with Gasteiger partial charge in [0, 0.05) is 28.3 Å². The van der Waals surface area contributed by atoms with Crippen molar-refractivity contribution in [2.75, 3.05) is 5.75 Å². The summed E-state index contributed by atoms with van der Waals surface area (Å²) in [6.07, 6.45) is 6.56. The van der Waals surface area contributed by atoms with Gasteiger partial charge in [-0.05, 0) is 104 Å². The number of fused-ring (bicyclic) bond motifs is 1. The molecule has 0 saturated heterocycles. The Labute approximate surface area is 247 Å². The number of benzene rings is 3. The number of pyridine rings is 1. The van der Waals surface area contributed by atoms with Crippen LogP contribution in [0.5, 0.6) is 0 Å². The van der Waals surface area contributed by atoms with Crippen LogP contribution in [0.15, 0.2) is 78.9 Å². The number of carbonyl (C=O) groups excluding carboxylic acids is 1. The van der Waals surface area contributed by atoms with E-state index in [1.165, 1.54) is 42.2 Å². The molecule has 1 atom stereocenters. The molecule has 1 aliphatic carbocycles. The van der Waals surface area contributed by atoms with Gasteiger partial charge in [-0.25, -0.2) is 0 Å². The summed E-state index contributed by atoms with van der Waals surface area (Å²) < 4.78 is 5.70. The summed E-state index contributed by atoms with van der Waals surface area (Å²) in [6.45, 7) is 5.44. The fraction of sp³-hybridized carbons (Fsp3) is 0.371. The maximum absolute atomic E-state index is 11.8. The van der Waals surface area contributed by atoms with E-state index in [4.69, 9.17) is 21.3 Å². The van der Waals surface area contributed by atoms with Gasteiger partial charge >= 0.3 is 5.97 Å². The van der Waals surface area contributed by atoms with Crippen molar-refractivity contribution >= 4 is 40.2 Å². The Balaban J connectivity index is 1.30. The number of aromatic nitrogens is 1. The van der Waals surface area contributed by atoms with Crippen LogP contribution in [0.2, 0.25) is 5.02 Å². The lowest BCUT2D eigenvalue weighted by molar-refractivity contribution is -0.154. The number of esters is 1. The van der Waals surface area contributed by atoms with Gasteiger partial charge in [0.1, 0.15) is 5.60 Å². The number of ether oxygens (including phenoxy) is 1. The van der Waals surface area contributed by atoms with Crippen LogP contribution < -0.4 is 0 Å². The normalized spacial score (nSPS) is 14.3. The van der Waals surface area contributed by atoms with Gasteiger partial charge in [0.05, 0.1) is 5.52 Å². The summed E-state index contributed by atoms with van der Waals surface area (Å²) in [6, 6.07) is 27.7. The summed E-state index contributed by atoms with van der Waals surface area (Å²) >= 11 is 8.30. The van der Waals surface area contributed by atoms with Crippen LogP contribution in [0.25, 0.3) is 10.9 Å². The number of hydrogen-bond donors (Lipinski definition) is 0. The number of halogens is 1. The van der Waals surface area contributed by atoms with Crippen molar-refractivity contribution in [1.29, 1.82) is 0 Å². The van der Waals surface area contributed by atoms with Crippen molar-refractivity contribution in [3.05, 3.63) is 112 Å². The smallest absolute Gasteiger partial charge is 0.303 e. The Bertz CT molecular complexity index is 1480. The van der Waals surface area contributed by atoms with Gasteiger partial charge in [0.15, 0.2) is 0 Å². The number of aryl methyl sites for hydroxylation is 3. The Hall–Kier alpha value is -2.82. The highest BCUT2D eigenvalue weighted by Crippen LogP contribution is 2.41. The van der Waals surface area contributed by atoms with Crippen LogP contribution in [-0.2, 0) is 34.4 Å². The number of carbonyl (C=O) groups is 1. The monoisotopic (exact) mass is 571 g/mol. The van der Waals surface area contributed by atoms with E-state index in [1.807, 2.05) is 38.1 Å². The minimum atomic E-state index is -0.652. The summed E-state index contributed by atoms with van der Waals surface area (Å²) in [4.78, 5) is 16.6. The lowest BCUT2D eigenvalue weighted by Crippen LogP contribution is -2.25. The van der Waals surface area contributed by atoms with Gasteiger partial charge in [-0.2, -0.15) is 11.8 Å². The van der Waals surface area contributed by atoms with E-state index >= 15 is 0 Å². The van der Waals surface area contributed by atoms with E-state index in [9.17, 15) is 4.79 Å². The summed E-state index contributed by atoms with van der Waals surface area (Å²) in [7, 11) is 0. The number of thioether (sulfide) groups is 1. The van der Waals surface area contributed by atoms with Gasteiger partial charge in [-0.3, -0.25) is 9.78 Å². The molecule has 0 radical (unpaired) electrons. The van der Waals surface area contributed by atoms with E-state index in [0.29, 0.717) is 5.25 Å². The fourth-order valence-electron chi connectivity index (χ4n) is 5.40. The highest BCUT2D eigenvalue weighted by Gasteiger charge is 2.28. The first-order valence-corrected chi connectivity index (χ1v) is 15.7.